The Bertz CT molecular complexity index is 1050. The fraction of sp³-hybridized carbons (Fsp3) is 0.211. The minimum absolute atomic E-state index is 0.161. The van der Waals surface area contributed by atoms with Gasteiger partial charge in [0.15, 0.2) is 5.13 Å². The summed E-state index contributed by atoms with van der Waals surface area (Å²) in [5, 5.41) is 13.8. The second-order valence-corrected chi connectivity index (χ2v) is 6.98. The number of non-ortho nitro benzene ring substituents is 1. The third-order valence-electron chi connectivity index (χ3n) is 3.89. The first-order chi connectivity index (χ1) is 13.5. The van der Waals surface area contributed by atoms with Crippen LogP contribution < -0.4 is 5.32 Å². The summed E-state index contributed by atoms with van der Waals surface area (Å²) >= 11 is 1.21. The minimum Gasteiger partial charge on any atom is -0.462 e. The van der Waals surface area contributed by atoms with Crippen molar-refractivity contribution in [3.63, 3.8) is 0 Å². The maximum absolute atomic E-state index is 12.3. The molecule has 1 amide bonds. The second-order valence-electron chi connectivity index (χ2n) is 5.95. The van der Waals surface area contributed by atoms with Crippen LogP contribution in [0.1, 0.15) is 40.5 Å². The Morgan fingerprint density at radius 3 is 2.79 bits per heavy atom. The van der Waals surface area contributed by atoms with Crippen LogP contribution in [-0.2, 0) is 4.74 Å². The predicted octanol–water partition coefficient (Wildman–Crippen LogP) is 4.41. The number of anilines is 1. The number of rotatable bonds is 7. The van der Waals surface area contributed by atoms with Gasteiger partial charge >= 0.3 is 5.97 Å². The van der Waals surface area contributed by atoms with Crippen molar-refractivity contribution in [3.05, 3.63) is 63.7 Å². The molecule has 0 fully saturated rings. The minimum atomic E-state index is -0.560. The van der Waals surface area contributed by atoms with Crippen molar-refractivity contribution in [1.82, 2.24) is 4.98 Å². The molecule has 0 bridgehead atoms. The van der Waals surface area contributed by atoms with E-state index in [1.807, 2.05) is 6.92 Å². The summed E-state index contributed by atoms with van der Waals surface area (Å²) in [6.07, 6.45) is 1.75. The number of hydrogen-bond acceptors (Lipinski definition) is 7. The molecule has 2 aromatic carbocycles. The first kappa shape index (κ1) is 19.4. The molecule has 8 nitrogen and oxygen atoms in total. The van der Waals surface area contributed by atoms with Gasteiger partial charge in [-0.05, 0) is 30.7 Å². The van der Waals surface area contributed by atoms with Gasteiger partial charge in [0.2, 0.25) is 0 Å². The molecule has 9 heteroatoms. The van der Waals surface area contributed by atoms with Gasteiger partial charge in [0.1, 0.15) is 0 Å². The Labute approximate surface area is 164 Å². The molecule has 3 aromatic rings. The molecular formula is C19H17N3O5S. The maximum Gasteiger partial charge on any atom is 0.338 e. The summed E-state index contributed by atoms with van der Waals surface area (Å²) in [7, 11) is 0. The van der Waals surface area contributed by atoms with E-state index >= 15 is 0 Å². The molecule has 1 aromatic heterocycles. The predicted molar refractivity (Wildman–Crippen MR) is 106 cm³/mol. The number of thiazole rings is 1. The molecule has 3 rings (SSSR count). The average molecular weight is 399 g/mol. The van der Waals surface area contributed by atoms with Gasteiger partial charge < -0.3 is 4.74 Å². The molecule has 0 aliphatic heterocycles. The molecule has 0 saturated heterocycles. The normalized spacial score (nSPS) is 10.6. The standard InChI is InChI=1S/C19H17N3O5S/c1-2-3-9-27-18(24)13-7-8-15-16(11-13)28-19(20-15)21-17(23)12-5-4-6-14(10-12)22(25)26/h4-8,10-11H,2-3,9H2,1H3,(H,20,21,23). The number of amides is 1. The molecule has 0 spiro atoms. The van der Waals surface area contributed by atoms with Crippen LogP contribution >= 0.6 is 11.3 Å². The van der Waals surface area contributed by atoms with Gasteiger partial charge in [0, 0.05) is 17.7 Å². The van der Waals surface area contributed by atoms with E-state index in [1.54, 1.807) is 18.2 Å². The lowest BCUT2D eigenvalue weighted by atomic mass is 10.2. The molecular weight excluding hydrogens is 382 g/mol. The van der Waals surface area contributed by atoms with Gasteiger partial charge in [-0.3, -0.25) is 20.2 Å². The number of carbonyl (C=O) groups is 2. The van der Waals surface area contributed by atoms with Crippen molar-refractivity contribution in [1.29, 1.82) is 0 Å². The number of ether oxygens (including phenoxy) is 1. The number of nitrogens with zero attached hydrogens (tertiary/aromatic N) is 2. The Morgan fingerprint density at radius 2 is 2.04 bits per heavy atom. The molecule has 144 valence electrons. The first-order valence-corrected chi connectivity index (χ1v) is 9.43. The average Bonchev–Trinajstić information content (AvgIpc) is 3.09. The van der Waals surface area contributed by atoms with E-state index in [0.29, 0.717) is 22.8 Å². The van der Waals surface area contributed by atoms with E-state index in [0.717, 1.165) is 17.5 Å². The zero-order valence-electron chi connectivity index (χ0n) is 15.0. The number of nitrogens with one attached hydrogen (secondary N) is 1. The van der Waals surface area contributed by atoms with Gasteiger partial charge in [-0.2, -0.15) is 0 Å². The van der Waals surface area contributed by atoms with Crippen LogP contribution in [0.25, 0.3) is 10.2 Å². The summed E-state index contributed by atoms with van der Waals surface area (Å²) in [6, 6.07) is 10.4. The zero-order chi connectivity index (χ0) is 20.1. The molecule has 0 aliphatic rings. The highest BCUT2D eigenvalue weighted by Crippen LogP contribution is 2.27. The first-order valence-electron chi connectivity index (χ1n) is 8.61. The lowest BCUT2D eigenvalue weighted by molar-refractivity contribution is -0.384. The SMILES string of the molecule is CCCCOC(=O)c1ccc2nc(NC(=O)c3cccc([N+](=O)[O-])c3)sc2c1. The van der Waals surface area contributed by atoms with Crippen LogP contribution in [0.4, 0.5) is 10.8 Å². The lowest BCUT2D eigenvalue weighted by Gasteiger charge is -2.03. The van der Waals surface area contributed by atoms with Gasteiger partial charge in [-0.15, -0.1) is 0 Å². The number of esters is 1. The summed E-state index contributed by atoms with van der Waals surface area (Å²) in [5.74, 6) is -0.895. The Kier molecular flexibility index (Phi) is 5.95. The van der Waals surface area contributed by atoms with E-state index in [4.69, 9.17) is 4.74 Å². The number of fused-ring (bicyclic) bond motifs is 1. The smallest absolute Gasteiger partial charge is 0.338 e. The maximum atomic E-state index is 12.3. The van der Waals surface area contributed by atoms with Crippen LogP contribution in [0.5, 0.6) is 0 Å². The summed E-state index contributed by atoms with van der Waals surface area (Å²) in [4.78, 5) is 39.0. The van der Waals surface area contributed by atoms with Crippen molar-refractivity contribution >= 4 is 44.2 Å². The van der Waals surface area contributed by atoms with E-state index in [2.05, 4.69) is 10.3 Å². The van der Waals surface area contributed by atoms with Crippen LogP contribution in [0.3, 0.4) is 0 Å². The fourth-order valence-corrected chi connectivity index (χ4v) is 3.33. The quantitative estimate of drug-likeness (QED) is 0.272. The van der Waals surface area contributed by atoms with Crippen LogP contribution in [0, 0.1) is 10.1 Å². The van der Waals surface area contributed by atoms with Crippen molar-refractivity contribution in [2.24, 2.45) is 0 Å². The van der Waals surface area contributed by atoms with Crippen LogP contribution in [0.2, 0.25) is 0 Å². The van der Waals surface area contributed by atoms with E-state index in [9.17, 15) is 19.7 Å². The van der Waals surface area contributed by atoms with Crippen LogP contribution in [0.15, 0.2) is 42.5 Å². The van der Waals surface area contributed by atoms with Crippen molar-refractivity contribution in [3.8, 4) is 0 Å². The van der Waals surface area contributed by atoms with E-state index < -0.39 is 16.8 Å². The molecule has 28 heavy (non-hydrogen) atoms. The van der Waals surface area contributed by atoms with E-state index in [-0.39, 0.29) is 11.3 Å². The van der Waals surface area contributed by atoms with Gasteiger partial charge in [-0.25, -0.2) is 9.78 Å². The van der Waals surface area contributed by atoms with Crippen molar-refractivity contribution < 1.29 is 19.2 Å². The number of benzene rings is 2. The Hall–Kier alpha value is -3.33. The summed E-state index contributed by atoms with van der Waals surface area (Å²) in [6.45, 7) is 2.39. The van der Waals surface area contributed by atoms with Crippen LogP contribution in [-0.4, -0.2) is 28.4 Å². The highest BCUT2D eigenvalue weighted by Gasteiger charge is 2.15. The topological polar surface area (TPSA) is 111 Å². The molecule has 0 aliphatic carbocycles. The molecule has 0 atom stereocenters. The molecule has 1 heterocycles. The fourth-order valence-electron chi connectivity index (χ4n) is 2.43. The number of carbonyl (C=O) groups excluding carboxylic acids is 2. The highest BCUT2D eigenvalue weighted by atomic mass is 32.1. The Morgan fingerprint density at radius 1 is 1.21 bits per heavy atom. The molecule has 1 N–H and O–H groups in total. The molecule has 0 radical (unpaired) electrons. The third-order valence-corrected chi connectivity index (χ3v) is 4.83. The number of nitro benzene ring substituents is 1. The van der Waals surface area contributed by atoms with Crippen molar-refractivity contribution in [2.75, 3.05) is 11.9 Å². The van der Waals surface area contributed by atoms with Gasteiger partial charge in [0.25, 0.3) is 11.6 Å². The summed E-state index contributed by atoms with van der Waals surface area (Å²) < 4.78 is 5.92. The third kappa shape index (κ3) is 4.49. The summed E-state index contributed by atoms with van der Waals surface area (Å²) in [5.41, 5.74) is 1.05. The Balaban J connectivity index is 1.75. The monoisotopic (exact) mass is 399 g/mol. The van der Waals surface area contributed by atoms with Crippen molar-refractivity contribution in [2.45, 2.75) is 19.8 Å². The number of hydrogen-bond donors (Lipinski definition) is 1. The highest BCUT2D eigenvalue weighted by molar-refractivity contribution is 7.22. The number of aromatic nitrogens is 1. The molecule has 0 unspecified atom stereocenters. The molecule has 0 saturated carbocycles. The largest absolute Gasteiger partial charge is 0.462 e. The number of unbranched alkanes of at least 4 members (excludes halogenated alkanes) is 1. The second kappa shape index (κ2) is 8.57. The van der Waals surface area contributed by atoms with E-state index in [1.165, 1.54) is 35.6 Å². The zero-order valence-corrected chi connectivity index (χ0v) is 15.8. The van der Waals surface area contributed by atoms with Gasteiger partial charge in [-0.1, -0.05) is 30.7 Å². The number of nitro groups is 1. The van der Waals surface area contributed by atoms with Gasteiger partial charge in [0.05, 0.1) is 27.3 Å². The lowest BCUT2D eigenvalue weighted by Crippen LogP contribution is -2.11.